The molecule has 71 heavy (non-hydrogen) atoms. The van der Waals surface area contributed by atoms with Crippen molar-refractivity contribution in [1.29, 1.82) is 0 Å². The number of cyclic esters (lactones) is 1. The van der Waals surface area contributed by atoms with E-state index in [0.717, 1.165) is 79.4 Å². The minimum atomic E-state index is -1.48. The molecule has 0 radical (unpaired) electrons. The van der Waals surface area contributed by atoms with Gasteiger partial charge in [0.1, 0.15) is 23.9 Å². The molecule has 6 aromatic rings. The molecule has 4 aliphatic heterocycles. The Labute approximate surface area is 406 Å². The Kier molecular flexibility index (Phi) is 11.9. The molecule has 2 saturated heterocycles. The number of aromatic amines is 1. The van der Waals surface area contributed by atoms with Gasteiger partial charge in [-0.25, -0.2) is 33.4 Å². The molecule has 2 aliphatic carbocycles. The molecule has 1 unspecified atom stereocenters. The van der Waals surface area contributed by atoms with Gasteiger partial charge in [0.05, 0.1) is 40.3 Å². The number of benzene rings is 3. The van der Waals surface area contributed by atoms with Gasteiger partial charge in [0.2, 0.25) is 0 Å². The van der Waals surface area contributed by atoms with Crippen LogP contribution < -0.4 is 17.0 Å². The Balaban J connectivity index is 0.000000166. The van der Waals surface area contributed by atoms with Crippen LogP contribution in [0.5, 0.6) is 11.5 Å². The van der Waals surface area contributed by atoms with Crippen molar-refractivity contribution in [2.75, 3.05) is 26.2 Å². The number of ether oxygens (including phenoxy) is 2. The normalized spacial score (nSPS) is 18.7. The van der Waals surface area contributed by atoms with Crippen LogP contribution in [0.4, 0.5) is 9.18 Å². The highest BCUT2D eigenvalue weighted by molar-refractivity contribution is 5.93. The van der Waals surface area contributed by atoms with Gasteiger partial charge in [-0.15, -0.1) is 0 Å². The number of rotatable bonds is 6. The van der Waals surface area contributed by atoms with Crippen LogP contribution in [0.15, 0.2) is 58.1 Å². The van der Waals surface area contributed by atoms with Gasteiger partial charge in [0.25, 0.3) is 11.5 Å². The van der Waals surface area contributed by atoms with Gasteiger partial charge in [-0.05, 0) is 111 Å². The third kappa shape index (κ3) is 8.09. The first kappa shape index (κ1) is 47.3. The minimum Gasteiger partial charge on any atom is -0.508 e. The highest BCUT2D eigenvalue weighted by atomic mass is 19.1. The van der Waals surface area contributed by atoms with E-state index < -0.39 is 29.5 Å². The number of aliphatic hydroxyl groups is 1. The number of aryl methyl sites for hydroxylation is 3. The maximum atomic E-state index is 14.5. The average Bonchev–Trinajstić information content (AvgIpc) is 3.88. The lowest BCUT2D eigenvalue weighted by atomic mass is 9.71. The van der Waals surface area contributed by atoms with Crippen LogP contribution >= 0.6 is 0 Å². The molecule has 19 heteroatoms. The van der Waals surface area contributed by atoms with Crippen molar-refractivity contribution in [2.45, 2.75) is 104 Å². The van der Waals surface area contributed by atoms with Crippen molar-refractivity contribution in [3.63, 3.8) is 0 Å². The molecule has 6 N–H and O–H groups in total. The van der Waals surface area contributed by atoms with E-state index in [1.165, 1.54) is 16.7 Å². The summed E-state index contributed by atoms with van der Waals surface area (Å²) in [6.45, 7) is 11.7. The monoisotopic (exact) mass is 970 g/mol. The second kappa shape index (κ2) is 17.8. The van der Waals surface area contributed by atoms with Crippen molar-refractivity contribution in [3.8, 4) is 40.0 Å². The number of amides is 2. The number of piperidine rings is 1. The van der Waals surface area contributed by atoms with Gasteiger partial charge < -0.3 is 40.0 Å². The lowest BCUT2D eigenvalue weighted by molar-refractivity contribution is -0.158. The Bertz CT molecular complexity index is 3310. The zero-order valence-corrected chi connectivity index (χ0v) is 39.9. The number of halogens is 1. The van der Waals surface area contributed by atoms with Crippen LogP contribution in [0.25, 0.3) is 39.4 Å². The van der Waals surface area contributed by atoms with Crippen LogP contribution in [0.2, 0.25) is 0 Å². The van der Waals surface area contributed by atoms with Crippen LogP contribution in [-0.2, 0) is 51.6 Å². The molecule has 12 rings (SSSR count). The molecule has 3 aromatic carbocycles. The fourth-order valence-electron chi connectivity index (χ4n) is 11.0. The third-order valence-corrected chi connectivity index (χ3v) is 15.0. The molecule has 7 heterocycles. The highest BCUT2D eigenvalue weighted by Gasteiger charge is 2.59. The fraction of sp³-hybridized carbons (Fsp3) is 0.404. The first-order chi connectivity index (χ1) is 34.0. The van der Waals surface area contributed by atoms with Crippen molar-refractivity contribution in [1.82, 2.24) is 34.1 Å². The summed E-state index contributed by atoms with van der Waals surface area (Å²) >= 11 is 0. The lowest BCUT2D eigenvalue weighted by Gasteiger charge is -2.54. The number of phenols is 2. The maximum Gasteiger partial charge on any atom is 0.405 e. The number of esters is 1. The standard InChI is InChI=1S/C28H32N6O6.C22H17FN2O4.C2H6/c1-17-12-20(22(36)13-21(17)35)23-30-31-26(39)34(23)19-4-2-18(3-5-19)14-32-10-8-27(9-11-32)15-33(16-27)24(37)28(6-7-28)40-25(29)38;1-9-10-3-2-4-11-13-7-25-17(19(13)24-16(18(10)11)6-15(9)23)5-12-14(21(25)27)8-29-22(28)20(12)26;1-2/h2-5,12-13,35-36H,6-11,14-16H2,1H3,(H2,29,38)(H,31,39);5-6,20,26H,2-4,7-8H2,1H3;1-2H3. The van der Waals surface area contributed by atoms with Crippen molar-refractivity contribution < 1.29 is 43.6 Å². The number of nitrogens with zero attached hydrogens (tertiary/aromatic N) is 6. The predicted molar refractivity (Wildman–Crippen MR) is 257 cm³/mol. The van der Waals surface area contributed by atoms with Crippen LogP contribution in [0, 0.1) is 25.1 Å². The highest BCUT2D eigenvalue weighted by Crippen LogP contribution is 2.48. The summed E-state index contributed by atoms with van der Waals surface area (Å²) in [7, 11) is 0. The summed E-state index contributed by atoms with van der Waals surface area (Å²) < 4.78 is 27.6. The molecule has 1 spiro atoms. The number of aliphatic hydroxyl groups excluding tert-OH is 1. The number of aromatic nitrogens is 5. The Morgan fingerprint density at radius 2 is 1.63 bits per heavy atom. The van der Waals surface area contributed by atoms with E-state index in [-0.39, 0.29) is 52.2 Å². The van der Waals surface area contributed by atoms with E-state index in [1.54, 1.807) is 35.4 Å². The first-order valence-corrected chi connectivity index (χ1v) is 24.1. The fourth-order valence-corrected chi connectivity index (χ4v) is 11.0. The van der Waals surface area contributed by atoms with E-state index in [2.05, 4.69) is 15.1 Å². The number of likely N-dealkylation sites (tertiary alicyclic amines) is 2. The van der Waals surface area contributed by atoms with Crippen LogP contribution in [0.3, 0.4) is 0 Å². The summed E-state index contributed by atoms with van der Waals surface area (Å²) in [5.74, 6) is -1.11. The number of hydrogen-bond donors (Lipinski definition) is 5. The molecule has 3 fully saturated rings. The Morgan fingerprint density at radius 1 is 0.930 bits per heavy atom. The molecule has 1 atom stereocenters. The molecule has 370 valence electrons. The average molecular weight is 971 g/mol. The maximum absolute atomic E-state index is 14.5. The van der Waals surface area contributed by atoms with Crippen molar-refractivity contribution in [3.05, 3.63) is 120 Å². The van der Waals surface area contributed by atoms with Crippen LogP contribution in [0.1, 0.15) is 96.6 Å². The number of hydrogen-bond acceptors (Lipinski definition) is 13. The molecule has 18 nitrogen and oxygen atoms in total. The van der Waals surface area contributed by atoms with E-state index >= 15 is 0 Å². The second-order valence-corrected chi connectivity index (χ2v) is 19.4. The van der Waals surface area contributed by atoms with Gasteiger partial charge in [-0.2, -0.15) is 5.10 Å². The number of phenolic OH excluding ortho intramolecular Hbond substituents is 2. The summed E-state index contributed by atoms with van der Waals surface area (Å²) in [4.78, 5) is 70.3. The number of carbonyl (C=O) groups is 3. The van der Waals surface area contributed by atoms with Crippen molar-refractivity contribution >= 4 is 28.9 Å². The van der Waals surface area contributed by atoms with Gasteiger partial charge in [0.15, 0.2) is 17.5 Å². The molecular formula is C52H55FN8O10. The SMILES string of the molecule is CC.Cc1c(F)cc2nc3c(c4c2c1CCC4)Cn1c-3cc2c(c1=O)COC(=O)C2O.Cc1cc(-c2n[nH]c(=O)n2-c2ccc(CN3CCC4(CC3)CN(C(=O)C3(OC(N)=O)CC3)C4)cc2)c(O)cc1O. The molecule has 6 aliphatic rings. The summed E-state index contributed by atoms with van der Waals surface area (Å²) in [6, 6.07) is 13.6. The van der Waals surface area contributed by atoms with E-state index in [4.69, 9.17) is 20.2 Å². The number of nitrogens with two attached hydrogens (primary N) is 1. The summed E-state index contributed by atoms with van der Waals surface area (Å²) in [5, 5.41) is 38.0. The van der Waals surface area contributed by atoms with Gasteiger partial charge >= 0.3 is 17.8 Å². The second-order valence-electron chi connectivity index (χ2n) is 19.4. The first-order valence-electron chi connectivity index (χ1n) is 24.1. The third-order valence-electron chi connectivity index (χ3n) is 15.0. The number of carbonyl (C=O) groups excluding carboxylic acids is 3. The quantitative estimate of drug-likeness (QED) is 0.130. The molecule has 1 saturated carbocycles. The number of nitrogens with one attached hydrogen (secondary N) is 1. The van der Waals surface area contributed by atoms with E-state index in [9.17, 15) is 43.7 Å². The van der Waals surface area contributed by atoms with Crippen molar-refractivity contribution in [2.24, 2.45) is 11.1 Å². The van der Waals surface area contributed by atoms with E-state index in [1.807, 2.05) is 38.1 Å². The van der Waals surface area contributed by atoms with Gasteiger partial charge in [-0.3, -0.25) is 14.5 Å². The van der Waals surface area contributed by atoms with Gasteiger partial charge in [-0.1, -0.05) is 26.0 Å². The van der Waals surface area contributed by atoms with Gasteiger partial charge in [0, 0.05) is 66.5 Å². The number of aromatic hydroxyl groups is 2. The molecule has 2 amide bonds. The number of fused-ring (bicyclic) bond motifs is 5. The number of H-pyrrole nitrogens is 1. The summed E-state index contributed by atoms with van der Waals surface area (Å²) in [5.41, 5.74) is 12.3. The minimum absolute atomic E-state index is 0.0387. The Hall–Kier alpha value is -7.38. The smallest absolute Gasteiger partial charge is 0.405 e. The van der Waals surface area contributed by atoms with Crippen LogP contribution in [-0.4, -0.2) is 99.2 Å². The topological polar surface area (TPSA) is 248 Å². The largest absolute Gasteiger partial charge is 0.508 e. The number of primary amides is 1. The zero-order chi connectivity index (χ0) is 50.3. The Morgan fingerprint density at radius 3 is 2.32 bits per heavy atom. The number of pyridine rings is 2. The molecule has 3 aromatic heterocycles. The van der Waals surface area contributed by atoms with E-state index in [0.29, 0.717) is 77.3 Å². The summed E-state index contributed by atoms with van der Waals surface area (Å²) in [6.07, 6.45) is 3.28. The zero-order valence-electron chi connectivity index (χ0n) is 39.9. The predicted octanol–water partition coefficient (Wildman–Crippen LogP) is 5.48. The lowest BCUT2D eigenvalue weighted by Crippen LogP contribution is -2.64. The molecular weight excluding hydrogens is 916 g/mol. The molecule has 0 bridgehead atoms.